The summed E-state index contributed by atoms with van der Waals surface area (Å²) in [6, 6.07) is 8.11. The summed E-state index contributed by atoms with van der Waals surface area (Å²) in [5.74, 6) is -0.129. The van der Waals surface area contributed by atoms with Crippen molar-refractivity contribution in [3.8, 4) is 0 Å². The van der Waals surface area contributed by atoms with Crippen LogP contribution >= 0.6 is 0 Å². The van der Waals surface area contributed by atoms with Crippen LogP contribution in [0.15, 0.2) is 46.2 Å². The second-order valence-corrected chi connectivity index (χ2v) is 18.0. The van der Waals surface area contributed by atoms with Crippen LogP contribution in [0.25, 0.3) is 0 Å². The van der Waals surface area contributed by atoms with E-state index in [4.69, 9.17) is 0 Å². The highest BCUT2D eigenvalue weighted by Crippen LogP contribution is 2.38. The number of hydrogen-bond donors (Lipinski definition) is 0. The van der Waals surface area contributed by atoms with Gasteiger partial charge in [-0.15, -0.1) is 0 Å². The second-order valence-electron chi connectivity index (χ2n) is 14.2. The number of fused-ring (bicyclic) bond motifs is 2. The van der Waals surface area contributed by atoms with Crippen molar-refractivity contribution < 1.29 is 26.4 Å². The van der Waals surface area contributed by atoms with Crippen molar-refractivity contribution in [2.45, 2.75) is 77.0 Å². The Kier molecular flexibility index (Phi) is 7.87. The average molecular weight is 615 g/mol. The largest absolute Gasteiger partial charge is 0.289 e. The topological polar surface area (TPSA) is 109 Å². The van der Waals surface area contributed by atoms with Crippen molar-refractivity contribution in [1.82, 2.24) is 8.61 Å². The van der Waals surface area contributed by atoms with E-state index in [2.05, 4.69) is 41.5 Å². The number of sulfonamides is 2. The van der Waals surface area contributed by atoms with E-state index in [9.17, 15) is 26.4 Å². The fourth-order valence-corrected chi connectivity index (χ4v) is 9.64. The van der Waals surface area contributed by atoms with Crippen molar-refractivity contribution in [3.05, 3.63) is 58.7 Å². The van der Waals surface area contributed by atoms with Crippen LogP contribution in [0.5, 0.6) is 0 Å². The molecule has 228 valence electrons. The molecule has 1 aliphatic carbocycles. The van der Waals surface area contributed by atoms with Crippen molar-refractivity contribution in [1.29, 1.82) is 0 Å². The number of piperidine rings is 2. The van der Waals surface area contributed by atoms with Crippen LogP contribution in [0.1, 0.15) is 99.1 Å². The van der Waals surface area contributed by atoms with Crippen LogP contribution < -0.4 is 0 Å². The lowest BCUT2D eigenvalue weighted by Gasteiger charge is -2.38. The summed E-state index contributed by atoms with van der Waals surface area (Å²) in [5.41, 5.74) is 0.418. The average Bonchev–Trinajstić information content (AvgIpc) is 2.94. The fourth-order valence-electron chi connectivity index (χ4n) is 6.65. The van der Waals surface area contributed by atoms with Gasteiger partial charge < -0.3 is 0 Å². The highest BCUT2D eigenvalue weighted by atomic mass is 32.2. The van der Waals surface area contributed by atoms with Crippen LogP contribution in [-0.4, -0.2) is 63.2 Å². The number of nitrogens with zero attached hydrogens (tertiary/aromatic N) is 2. The minimum absolute atomic E-state index is 0.0158. The van der Waals surface area contributed by atoms with Crippen molar-refractivity contribution in [2.75, 3.05) is 26.2 Å². The lowest BCUT2D eigenvalue weighted by atomic mass is 9.76. The van der Waals surface area contributed by atoms with Gasteiger partial charge in [0.1, 0.15) is 0 Å². The Morgan fingerprint density at radius 1 is 0.548 bits per heavy atom. The summed E-state index contributed by atoms with van der Waals surface area (Å²) in [5, 5.41) is 0. The van der Waals surface area contributed by atoms with Gasteiger partial charge >= 0.3 is 0 Å². The Morgan fingerprint density at radius 3 is 1.14 bits per heavy atom. The molecule has 10 heteroatoms. The zero-order valence-electron chi connectivity index (χ0n) is 25.4. The van der Waals surface area contributed by atoms with Crippen LogP contribution in [0.3, 0.4) is 0 Å². The first-order chi connectivity index (χ1) is 19.4. The fraction of sp³-hybridized carbons (Fsp3) is 0.562. The standard InChI is InChI=1S/C32H42N2O6S2/c1-31(2,3)21-11-15-33(16-12-21)41(37,38)23-7-9-25-27(19-23)29(35)26-10-8-24(20-28(26)30(25)36)42(39,40)34-17-13-22(14-18-34)32(4,5)6/h7-10,19-22H,11-18H2,1-6H3. The normalized spacial score (nSPS) is 20.4. The van der Waals surface area contributed by atoms with Gasteiger partial charge in [-0.25, -0.2) is 16.8 Å². The summed E-state index contributed by atoms with van der Waals surface area (Å²) in [7, 11) is -7.70. The quantitative estimate of drug-likeness (QED) is 0.392. The third-order valence-electron chi connectivity index (χ3n) is 9.59. The number of ketones is 2. The minimum atomic E-state index is -3.85. The molecule has 0 spiro atoms. The molecule has 3 aliphatic rings. The highest BCUT2D eigenvalue weighted by molar-refractivity contribution is 7.89. The molecule has 2 aliphatic heterocycles. The number of benzene rings is 2. The maximum atomic E-state index is 13.5. The first-order valence-corrected chi connectivity index (χ1v) is 17.7. The maximum absolute atomic E-state index is 13.5. The van der Waals surface area contributed by atoms with Crippen molar-refractivity contribution in [3.63, 3.8) is 0 Å². The molecular formula is C32H42N2O6S2. The molecule has 2 fully saturated rings. The molecule has 8 nitrogen and oxygen atoms in total. The zero-order chi connectivity index (χ0) is 30.8. The summed E-state index contributed by atoms with van der Waals surface area (Å²) in [4.78, 5) is 27.0. The molecule has 2 heterocycles. The second kappa shape index (κ2) is 10.6. The summed E-state index contributed by atoms with van der Waals surface area (Å²) in [6.07, 6.45) is 3.05. The summed E-state index contributed by atoms with van der Waals surface area (Å²) < 4.78 is 56.9. The first-order valence-electron chi connectivity index (χ1n) is 14.8. The molecule has 0 bridgehead atoms. The van der Waals surface area contributed by atoms with E-state index in [1.807, 2.05) is 0 Å². The molecule has 2 aromatic carbocycles. The van der Waals surface area contributed by atoms with Gasteiger partial charge in [-0.05, 0) is 84.7 Å². The van der Waals surface area contributed by atoms with Crippen molar-refractivity contribution >= 4 is 31.6 Å². The predicted molar refractivity (Wildman–Crippen MR) is 162 cm³/mol. The molecule has 42 heavy (non-hydrogen) atoms. The monoisotopic (exact) mass is 614 g/mol. The number of hydrogen-bond acceptors (Lipinski definition) is 6. The third kappa shape index (κ3) is 5.51. The van der Waals surface area contributed by atoms with E-state index < -0.39 is 31.6 Å². The number of carbonyl (C=O) groups excluding carboxylic acids is 2. The number of rotatable bonds is 4. The summed E-state index contributed by atoms with van der Waals surface area (Å²) >= 11 is 0. The molecule has 2 aromatic rings. The van der Waals surface area contributed by atoms with E-state index in [0.29, 0.717) is 38.0 Å². The van der Waals surface area contributed by atoms with E-state index in [0.717, 1.165) is 25.7 Å². The van der Waals surface area contributed by atoms with Crippen LogP contribution in [-0.2, 0) is 20.0 Å². The maximum Gasteiger partial charge on any atom is 0.243 e. The Hall–Kier alpha value is -2.40. The van der Waals surface area contributed by atoms with Gasteiger partial charge in [0.05, 0.1) is 9.79 Å². The SMILES string of the molecule is CC(C)(C)C1CCN(S(=O)(=O)c2ccc3c(c2)C(=O)c2ccc(S(=O)(=O)N4CCC(C(C)(C)C)CC4)cc2C3=O)CC1. The van der Waals surface area contributed by atoms with E-state index in [1.165, 1.54) is 45.0 Å². The first kappa shape index (κ1) is 31.0. The van der Waals surface area contributed by atoms with E-state index in [-0.39, 0.29) is 42.9 Å². The molecular weight excluding hydrogens is 572 g/mol. The summed E-state index contributed by atoms with van der Waals surface area (Å²) in [6.45, 7) is 14.6. The Morgan fingerprint density at radius 2 is 0.857 bits per heavy atom. The Balaban J connectivity index is 1.39. The molecule has 2 saturated heterocycles. The molecule has 0 atom stereocenters. The molecule has 0 N–H and O–H groups in total. The lowest BCUT2D eigenvalue weighted by Crippen LogP contribution is -2.41. The van der Waals surface area contributed by atoms with Gasteiger partial charge in [-0.2, -0.15) is 8.61 Å². The van der Waals surface area contributed by atoms with E-state index in [1.54, 1.807) is 0 Å². The van der Waals surface area contributed by atoms with E-state index >= 15 is 0 Å². The molecule has 0 aromatic heterocycles. The van der Waals surface area contributed by atoms with Gasteiger partial charge in [-0.1, -0.05) is 41.5 Å². The van der Waals surface area contributed by atoms with Crippen molar-refractivity contribution in [2.24, 2.45) is 22.7 Å². The highest BCUT2D eigenvalue weighted by Gasteiger charge is 2.38. The third-order valence-corrected chi connectivity index (χ3v) is 13.4. The van der Waals surface area contributed by atoms with Gasteiger partial charge in [0, 0.05) is 48.4 Å². The molecule has 0 saturated carbocycles. The van der Waals surface area contributed by atoms with Crippen LogP contribution in [0.2, 0.25) is 0 Å². The Bertz CT molecular complexity index is 1510. The molecule has 0 amide bonds. The zero-order valence-corrected chi connectivity index (χ0v) is 27.1. The van der Waals surface area contributed by atoms with Gasteiger partial charge in [0.25, 0.3) is 0 Å². The van der Waals surface area contributed by atoms with Crippen LogP contribution in [0.4, 0.5) is 0 Å². The Labute approximate surface area is 250 Å². The predicted octanol–water partition coefficient (Wildman–Crippen LogP) is 5.36. The van der Waals surface area contributed by atoms with Gasteiger partial charge in [0.15, 0.2) is 11.6 Å². The minimum Gasteiger partial charge on any atom is -0.289 e. The van der Waals surface area contributed by atoms with Crippen LogP contribution in [0, 0.1) is 22.7 Å². The van der Waals surface area contributed by atoms with Gasteiger partial charge in [0.2, 0.25) is 20.0 Å². The smallest absolute Gasteiger partial charge is 0.243 e. The molecule has 0 radical (unpaired) electrons. The van der Waals surface area contributed by atoms with Gasteiger partial charge in [-0.3, -0.25) is 9.59 Å². The lowest BCUT2D eigenvalue weighted by molar-refractivity contribution is 0.0978. The molecule has 5 rings (SSSR count). The number of carbonyl (C=O) groups is 2. The molecule has 0 unspecified atom stereocenters.